The lowest BCUT2D eigenvalue weighted by molar-refractivity contribution is -0.140. The third kappa shape index (κ3) is 10.8. The van der Waals surface area contributed by atoms with Crippen LogP contribution in [-0.4, -0.2) is 35.5 Å². The second-order valence-electron chi connectivity index (χ2n) is 3.63. The number of esters is 1. The SMILES string of the molecule is C#C[C@@H](O)/C=C/C=C/C#C[C@H](O)CCCC(=O)OC. The largest absolute Gasteiger partial charge is 0.469 e. The maximum Gasteiger partial charge on any atom is 0.305 e. The van der Waals surface area contributed by atoms with Gasteiger partial charge in [-0.05, 0) is 25.0 Å². The molecule has 0 rings (SSSR count). The lowest BCUT2D eigenvalue weighted by atomic mass is 10.1. The molecule has 19 heavy (non-hydrogen) atoms. The van der Waals surface area contributed by atoms with Gasteiger partial charge in [-0.3, -0.25) is 4.79 Å². The van der Waals surface area contributed by atoms with Crippen molar-refractivity contribution >= 4 is 5.97 Å². The Balaban J connectivity index is 3.89. The molecule has 0 aromatic carbocycles. The molecule has 0 amide bonds. The first kappa shape index (κ1) is 17.0. The molecule has 0 heterocycles. The maximum atomic E-state index is 10.8. The second kappa shape index (κ2) is 11.1. The summed E-state index contributed by atoms with van der Waals surface area (Å²) in [5.41, 5.74) is 0. The number of hydrogen-bond donors (Lipinski definition) is 2. The first-order valence-electron chi connectivity index (χ1n) is 5.83. The highest BCUT2D eigenvalue weighted by molar-refractivity contribution is 5.68. The average molecular weight is 262 g/mol. The minimum atomic E-state index is -0.901. The Hall–Kier alpha value is -2.01. The van der Waals surface area contributed by atoms with E-state index in [1.165, 1.54) is 19.3 Å². The highest BCUT2D eigenvalue weighted by Gasteiger charge is 2.03. The smallest absolute Gasteiger partial charge is 0.305 e. The Morgan fingerprint density at radius 2 is 2.16 bits per heavy atom. The van der Waals surface area contributed by atoms with Gasteiger partial charge in [-0.1, -0.05) is 29.9 Å². The summed E-state index contributed by atoms with van der Waals surface area (Å²) in [6, 6.07) is 0. The highest BCUT2D eigenvalue weighted by Crippen LogP contribution is 2.01. The Morgan fingerprint density at radius 3 is 2.79 bits per heavy atom. The van der Waals surface area contributed by atoms with E-state index >= 15 is 0 Å². The molecule has 0 aromatic rings. The zero-order valence-corrected chi connectivity index (χ0v) is 10.9. The lowest BCUT2D eigenvalue weighted by Crippen LogP contribution is -2.05. The molecular formula is C15H18O4. The second-order valence-corrected chi connectivity index (χ2v) is 3.63. The van der Waals surface area contributed by atoms with Gasteiger partial charge in [-0.25, -0.2) is 0 Å². The number of carbonyl (C=O) groups is 1. The fourth-order valence-electron chi connectivity index (χ4n) is 1.09. The summed E-state index contributed by atoms with van der Waals surface area (Å²) in [6.07, 6.45) is 10.7. The van der Waals surface area contributed by atoms with Crippen molar-refractivity contribution in [3.8, 4) is 24.2 Å². The third-order valence-corrected chi connectivity index (χ3v) is 2.09. The molecule has 0 aromatic heterocycles. The average Bonchev–Trinajstić information content (AvgIpc) is 2.41. The van der Waals surface area contributed by atoms with Crippen molar-refractivity contribution in [1.82, 2.24) is 0 Å². The zero-order valence-electron chi connectivity index (χ0n) is 10.9. The Bertz CT molecular complexity index is 418. The normalized spacial score (nSPS) is 13.6. The molecule has 0 saturated heterocycles. The molecule has 4 nitrogen and oxygen atoms in total. The van der Waals surface area contributed by atoms with Gasteiger partial charge in [-0.2, -0.15) is 0 Å². The summed E-state index contributed by atoms with van der Waals surface area (Å²) in [4.78, 5) is 10.8. The van der Waals surface area contributed by atoms with E-state index in [0.717, 1.165) is 0 Å². The van der Waals surface area contributed by atoms with E-state index in [2.05, 4.69) is 22.5 Å². The van der Waals surface area contributed by atoms with Crippen LogP contribution >= 0.6 is 0 Å². The van der Waals surface area contributed by atoms with E-state index in [-0.39, 0.29) is 12.4 Å². The molecule has 0 aliphatic heterocycles. The summed E-state index contributed by atoms with van der Waals surface area (Å²) in [5.74, 6) is 7.09. The quantitative estimate of drug-likeness (QED) is 0.422. The molecule has 0 bridgehead atoms. The summed E-state index contributed by atoms with van der Waals surface area (Å²) >= 11 is 0. The number of ether oxygens (including phenoxy) is 1. The van der Waals surface area contributed by atoms with Crippen LogP contribution in [0.2, 0.25) is 0 Å². The first-order valence-corrected chi connectivity index (χ1v) is 5.83. The van der Waals surface area contributed by atoms with Crippen molar-refractivity contribution in [3.63, 3.8) is 0 Å². The van der Waals surface area contributed by atoms with E-state index in [0.29, 0.717) is 12.8 Å². The summed E-state index contributed by atoms with van der Waals surface area (Å²) in [6.45, 7) is 0. The summed E-state index contributed by atoms with van der Waals surface area (Å²) < 4.78 is 4.48. The molecule has 2 atom stereocenters. The summed E-state index contributed by atoms with van der Waals surface area (Å²) in [5, 5.41) is 18.5. The van der Waals surface area contributed by atoms with Crippen molar-refractivity contribution in [2.24, 2.45) is 0 Å². The maximum absolute atomic E-state index is 10.8. The van der Waals surface area contributed by atoms with Crippen LogP contribution in [0.25, 0.3) is 0 Å². The van der Waals surface area contributed by atoms with Crippen LogP contribution in [0.15, 0.2) is 24.3 Å². The molecule has 0 radical (unpaired) electrons. The van der Waals surface area contributed by atoms with E-state index < -0.39 is 12.2 Å². The molecule has 0 unspecified atom stereocenters. The molecule has 0 spiro atoms. The fourth-order valence-corrected chi connectivity index (χ4v) is 1.09. The van der Waals surface area contributed by atoms with Gasteiger partial charge in [0.2, 0.25) is 0 Å². The molecule has 4 heteroatoms. The Labute approximate surface area is 113 Å². The van der Waals surface area contributed by atoms with Crippen LogP contribution in [0.3, 0.4) is 0 Å². The van der Waals surface area contributed by atoms with E-state index in [9.17, 15) is 9.90 Å². The van der Waals surface area contributed by atoms with Gasteiger partial charge < -0.3 is 14.9 Å². The number of hydrogen-bond acceptors (Lipinski definition) is 4. The highest BCUT2D eigenvalue weighted by atomic mass is 16.5. The van der Waals surface area contributed by atoms with Crippen molar-refractivity contribution in [1.29, 1.82) is 0 Å². The van der Waals surface area contributed by atoms with E-state index in [1.807, 2.05) is 0 Å². The zero-order chi connectivity index (χ0) is 14.5. The number of rotatable bonds is 6. The van der Waals surface area contributed by atoms with Gasteiger partial charge in [0.1, 0.15) is 12.2 Å². The number of aliphatic hydroxyl groups excluding tert-OH is 2. The van der Waals surface area contributed by atoms with Crippen molar-refractivity contribution in [2.75, 3.05) is 7.11 Å². The van der Waals surface area contributed by atoms with Crippen molar-refractivity contribution in [2.45, 2.75) is 31.5 Å². The minimum absolute atomic E-state index is 0.276. The van der Waals surface area contributed by atoms with Crippen molar-refractivity contribution < 1.29 is 19.7 Å². The lowest BCUT2D eigenvalue weighted by Gasteiger charge is -2.01. The van der Waals surface area contributed by atoms with Gasteiger partial charge in [0.05, 0.1) is 7.11 Å². The summed E-state index contributed by atoms with van der Waals surface area (Å²) in [7, 11) is 1.33. The Kier molecular flexibility index (Phi) is 9.93. The number of carbonyl (C=O) groups excluding carboxylic acids is 1. The topological polar surface area (TPSA) is 66.8 Å². The molecule has 0 aliphatic carbocycles. The first-order chi connectivity index (χ1) is 9.10. The van der Waals surface area contributed by atoms with Crippen LogP contribution in [0, 0.1) is 24.2 Å². The van der Waals surface area contributed by atoms with Gasteiger partial charge in [0.15, 0.2) is 0 Å². The standard InChI is InChI=1S/C15H18O4/c1-3-13(16)9-6-4-5-7-10-14(17)11-8-12-15(18)19-2/h1,4-6,9,13-14,16-17H,8,11-12H2,2H3/b5-4+,9-6+/t13-,14+/m1/s1. The van der Waals surface area contributed by atoms with Crippen molar-refractivity contribution in [3.05, 3.63) is 24.3 Å². The Morgan fingerprint density at radius 1 is 1.42 bits per heavy atom. The van der Waals surface area contributed by atoms with Crippen LogP contribution in [0.4, 0.5) is 0 Å². The molecule has 102 valence electrons. The number of methoxy groups -OCH3 is 1. The molecule has 0 saturated carbocycles. The van der Waals surface area contributed by atoms with Gasteiger partial charge in [0, 0.05) is 6.42 Å². The number of aliphatic hydroxyl groups is 2. The predicted octanol–water partition coefficient (Wildman–Crippen LogP) is 0.800. The molecule has 0 aliphatic rings. The van der Waals surface area contributed by atoms with Crippen LogP contribution in [-0.2, 0) is 9.53 Å². The van der Waals surface area contributed by atoms with Crippen LogP contribution in [0.5, 0.6) is 0 Å². The van der Waals surface area contributed by atoms with Gasteiger partial charge in [0.25, 0.3) is 0 Å². The van der Waals surface area contributed by atoms with E-state index in [1.54, 1.807) is 12.2 Å². The minimum Gasteiger partial charge on any atom is -0.469 e. The molecule has 2 N–H and O–H groups in total. The van der Waals surface area contributed by atoms with Gasteiger partial charge >= 0.3 is 5.97 Å². The fraction of sp³-hybridized carbons (Fsp3) is 0.400. The van der Waals surface area contributed by atoms with Gasteiger partial charge in [-0.15, -0.1) is 6.42 Å². The number of allylic oxidation sites excluding steroid dienone is 3. The van der Waals surface area contributed by atoms with Crippen LogP contribution < -0.4 is 0 Å². The molecular weight excluding hydrogens is 244 g/mol. The molecule has 0 fully saturated rings. The third-order valence-electron chi connectivity index (χ3n) is 2.09. The predicted molar refractivity (Wildman–Crippen MR) is 72.8 cm³/mol. The monoisotopic (exact) mass is 262 g/mol. The number of terminal acetylenes is 1. The van der Waals surface area contributed by atoms with E-state index in [4.69, 9.17) is 11.5 Å². The van der Waals surface area contributed by atoms with Crippen LogP contribution in [0.1, 0.15) is 19.3 Å².